The van der Waals surface area contributed by atoms with Gasteiger partial charge in [0, 0.05) is 19.2 Å². The maximum Gasteiger partial charge on any atom is 0.253 e. The van der Waals surface area contributed by atoms with Crippen LogP contribution in [0.2, 0.25) is 0 Å². The van der Waals surface area contributed by atoms with E-state index in [1.165, 1.54) is 12.1 Å². The Balaban J connectivity index is 2.13. The molecule has 0 N–H and O–H groups in total. The normalized spacial score (nSPS) is 10.3. The quantitative estimate of drug-likeness (QED) is 0.862. The van der Waals surface area contributed by atoms with Crippen LogP contribution in [0.5, 0.6) is 5.75 Å². The molecule has 2 aromatic rings. The number of benzene rings is 2. The molecule has 0 aliphatic carbocycles. The molecule has 0 heterocycles. The molecule has 4 heteroatoms. The number of aryl methyl sites for hydroxylation is 1. The lowest BCUT2D eigenvalue weighted by atomic mass is 10.1. The fraction of sp³-hybridized carbons (Fsp3) is 0.235. The first-order valence-electron chi connectivity index (χ1n) is 6.66. The summed E-state index contributed by atoms with van der Waals surface area (Å²) >= 11 is 0. The van der Waals surface area contributed by atoms with Gasteiger partial charge in [-0.3, -0.25) is 4.79 Å². The summed E-state index contributed by atoms with van der Waals surface area (Å²) in [6.07, 6.45) is 0. The van der Waals surface area contributed by atoms with Crippen molar-refractivity contribution in [1.82, 2.24) is 4.90 Å². The molecule has 0 saturated heterocycles. The molecule has 0 fully saturated rings. The van der Waals surface area contributed by atoms with Crippen molar-refractivity contribution in [2.75, 3.05) is 14.2 Å². The van der Waals surface area contributed by atoms with Crippen LogP contribution in [0, 0.1) is 12.7 Å². The van der Waals surface area contributed by atoms with Gasteiger partial charge in [-0.15, -0.1) is 0 Å². The second kappa shape index (κ2) is 6.39. The van der Waals surface area contributed by atoms with Crippen molar-refractivity contribution in [3.05, 3.63) is 65.0 Å². The molecule has 0 radical (unpaired) electrons. The molecule has 0 saturated carbocycles. The predicted octanol–water partition coefficient (Wildman–Crippen LogP) is 3.41. The first-order valence-corrected chi connectivity index (χ1v) is 6.66. The minimum Gasteiger partial charge on any atom is -0.497 e. The Morgan fingerprint density at radius 3 is 2.67 bits per heavy atom. The van der Waals surface area contributed by atoms with E-state index < -0.39 is 0 Å². The highest BCUT2D eigenvalue weighted by molar-refractivity contribution is 5.94. The number of methoxy groups -OCH3 is 1. The van der Waals surface area contributed by atoms with Gasteiger partial charge in [0.2, 0.25) is 0 Å². The predicted molar refractivity (Wildman–Crippen MR) is 79.9 cm³/mol. The molecule has 0 aromatic heterocycles. The Morgan fingerprint density at radius 2 is 2.00 bits per heavy atom. The van der Waals surface area contributed by atoms with Gasteiger partial charge in [-0.05, 0) is 48.4 Å². The number of carbonyl (C=O) groups excluding carboxylic acids is 1. The topological polar surface area (TPSA) is 29.5 Å². The minimum atomic E-state index is -0.304. The Morgan fingerprint density at radius 1 is 1.24 bits per heavy atom. The lowest BCUT2D eigenvalue weighted by molar-refractivity contribution is 0.0785. The van der Waals surface area contributed by atoms with Crippen LogP contribution in [0.15, 0.2) is 42.5 Å². The van der Waals surface area contributed by atoms with Crippen LogP contribution in [0.1, 0.15) is 21.5 Å². The molecule has 0 atom stereocenters. The van der Waals surface area contributed by atoms with Crippen LogP contribution >= 0.6 is 0 Å². The van der Waals surface area contributed by atoms with Gasteiger partial charge >= 0.3 is 0 Å². The molecule has 21 heavy (non-hydrogen) atoms. The Kier molecular flexibility index (Phi) is 4.58. The number of carbonyl (C=O) groups is 1. The summed E-state index contributed by atoms with van der Waals surface area (Å²) in [5.41, 5.74) is 1.93. The van der Waals surface area contributed by atoms with Crippen molar-refractivity contribution in [2.24, 2.45) is 0 Å². The van der Waals surface area contributed by atoms with Crippen molar-refractivity contribution >= 4 is 5.91 Å². The highest BCUT2D eigenvalue weighted by Gasteiger charge is 2.13. The van der Waals surface area contributed by atoms with Crippen LogP contribution in [0.25, 0.3) is 0 Å². The summed E-state index contributed by atoms with van der Waals surface area (Å²) < 4.78 is 18.4. The van der Waals surface area contributed by atoms with E-state index >= 15 is 0 Å². The van der Waals surface area contributed by atoms with Crippen LogP contribution in [-0.2, 0) is 6.54 Å². The number of rotatable bonds is 4. The maximum absolute atomic E-state index is 13.3. The Hall–Kier alpha value is -2.36. The van der Waals surface area contributed by atoms with Gasteiger partial charge in [0.15, 0.2) is 0 Å². The highest BCUT2D eigenvalue weighted by Crippen LogP contribution is 2.16. The third-order valence-electron chi connectivity index (χ3n) is 3.31. The monoisotopic (exact) mass is 287 g/mol. The number of nitrogens with zero attached hydrogens (tertiary/aromatic N) is 1. The first-order chi connectivity index (χ1) is 10.0. The molecule has 0 aliphatic rings. The summed E-state index contributed by atoms with van der Waals surface area (Å²) in [5, 5.41) is 0. The van der Waals surface area contributed by atoms with Gasteiger partial charge in [0.05, 0.1) is 7.11 Å². The average Bonchev–Trinajstić information content (AvgIpc) is 2.49. The van der Waals surface area contributed by atoms with E-state index in [1.54, 1.807) is 32.0 Å². The summed E-state index contributed by atoms with van der Waals surface area (Å²) in [5.74, 6) is 0.314. The summed E-state index contributed by atoms with van der Waals surface area (Å²) in [7, 11) is 3.33. The zero-order chi connectivity index (χ0) is 15.4. The van der Waals surface area contributed by atoms with Gasteiger partial charge in [-0.25, -0.2) is 4.39 Å². The standard InChI is InChI=1S/C17H18FNO2/c1-12-9-14(7-8-16(12)18)17(20)19(2)11-13-5-4-6-15(10-13)21-3/h4-10H,11H2,1-3H3. The Bertz CT molecular complexity index is 655. The molecular formula is C17H18FNO2. The number of halogens is 1. The fourth-order valence-corrected chi connectivity index (χ4v) is 2.11. The van der Waals surface area contributed by atoms with Gasteiger partial charge < -0.3 is 9.64 Å². The zero-order valence-corrected chi connectivity index (χ0v) is 12.4. The summed E-state index contributed by atoms with van der Waals surface area (Å²) in [6, 6.07) is 12.0. The highest BCUT2D eigenvalue weighted by atomic mass is 19.1. The molecule has 2 rings (SSSR count). The lowest BCUT2D eigenvalue weighted by Crippen LogP contribution is -2.26. The minimum absolute atomic E-state index is 0.138. The zero-order valence-electron chi connectivity index (χ0n) is 12.4. The van der Waals surface area contributed by atoms with Gasteiger partial charge in [0.25, 0.3) is 5.91 Å². The second-order valence-electron chi connectivity index (χ2n) is 4.98. The molecule has 110 valence electrons. The van der Waals surface area contributed by atoms with Gasteiger partial charge in [0.1, 0.15) is 11.6 Å². The van der Waals surface area contributed by atoms with E-state index in [1.807, 2.05) is 24.3 Å². The number of amides is 1. The van der Waals surface area contributed by atoms with Crippen LogP contribution < -0.4 is 4.74 Å². The molecule has 2 aromatic carbocycles. The summed E-state index contributed by atoms with van der Waals surface area (Å²) in [6.45, 7) is 2.11. The second-order valence-corrected chi connectivity index (χ2v) is 4.98. The van der Waals surface area contributed by atoms with Crippen LogP contribution in [0.4, 0.5) is 4.39 Å². The molecule has 0 bridgehead atoms. The number of hydrogen-bond acceptors (Lipinski definition) is 2. The smallest absolute Gasteiger partial charge is 0.253 e. The van der Waals surface area contributed by atoms with E-state index in [9.17, 15) is 9.18 Å². The van der Waals surface area contributed by atoms with Crippen LogP contribution in [0.3, 0.4) is 0 Å². The number of hydrogen-bond donors (Lipinski definition) is 0. The fourth-order valence-electron chi connectivity index (χ4n) is 2.11. The van der Waals surface area contributed by atoms with Crippen molar-refractivity contribution in [3.63, 3.8) is 0 Å². The SMILES string of the molecule is COc1cccc(CN(C)C(=O)c2ccc(F)c(C)c2)c1. The molecule has 0 aliphatic heterocycles. The molecule has 0 unspecified atom stereocenters. The first kappa shape index (κ1) is 15.0. The van der Waals surface area contributed by atoms with Crippen molar-refractivity contribution in [1.29, 1.82) is 0 Å². The van der Waals surface area contributed by atoms with Crippen molar-refractivity contribution in [2.45, 2.75) is 13.5 Å². The molecule has 3 nitrogen and oxygen atoms in total. The van der Waals surface area contributed by atoms with Gasteiger partial charge in [-0.1, -0.05) is 12.1 Å². The molecule has 0 spiro atoms. The van der Waals surface area contributed by atoms with Crippen molar-refractivity contribution in [3.8, 4) is 5.75 Å². The van der Waals surface area contributed by atoms with Gasteiger partial charge in [-0.2, -0.15) is 0 Å². The lowest BCUT2D eigenvalue weighted by Gasteiger charge is -2.18. The third kappa shape index (κ3) is 3.60. The molecular weight excluding hydrogens is 269 g/mol. The molecule has 1 amide bonds. The third-order valence-corrected chi connectivity index (χ3v) is 3.31. The maximum atomic E-state index is 13.3. The van der Waals surface area contributed by atoms with E-state index in [2.05, 4.69) is 0 Å². The van der Waals surface area contributed by atoms with E-state index in [0.29, 0.717) is 17.7 Å². The van der Waals surface area contributed by atoms with E-state index in [0.717, 1.165) is 11.3 Å². The van der Waals surface area contributed by atoms with Crippen molar-refractivity contribution < 1.29 is 13.9 Å². The van der Waals surface area contributed by atoms with E-state index in [4.69, 9.17) is 4.74 Å². The van der Waals surface area contributed by atoms with E-state index in [-0.39, 0.29) is 11.7 Å². The van der Waals surface area contributed by atoms with Crippen LogP contribution in [-0.4, -0.2) is 25.0 Å². The largest absolute Gasteiger partial charge is 0.497 e. The summed E-state index contributed by atoms with van der Waals surface area (Å²) in [4.78, 5) is 13.9. The average molecular weight is 287 g/mol. The number of ether oxygens (including phenoxy) is 1. The Labute approximate surface area is 124 Å².